The number of likely N-dealkylation sites (tertiary alicyclic amines) is 1. The van der Waals surface area contributed by atoms with Crippen LogP contribution < -0.4 is 0 Å². The smallest absolute Gasteiger partial charge is 0.311 e. The van der Waals surface area contributed by atoms with Crippen LogP contribution in [0.15, 0.2) is 25.3 Å². The number of rotatable bonds is 13. The Kier molecular flexibility index (Phi) is 8.90. The van der Waals surface area contributed by atoms with Crippen LogP contribution in [0.3, 0.4) is 0 Å². The molecule has 1 spiro atoms. The first-order valence-electron chi connectivity index (χ1n) is 12.5. The van der Waals surface area contributed by atoms with Gasteiger partial charge in [0.2, 0.25) is 11.8 Å². The van der Waals surface area contributed by atoms with Crippen molar-refractivity contribution in [1.82, 2.24) is 9.80 Å². The lowest BCUT2D eigenvalue weighted by atomic mass is 9.66. The fourth-order valence-corrected chi connectivity index (χ4v) is 8.55. The number of ether oxygens (including phenoxy) is 1. The van der Waals surface area contributed by atoms with Crippen molar-refractivity contribution in [3.63, 3.8) is 0 Å². The third-order valence-corrected chi connectivity index (χ3v) is 9.71. The fraction of sp³-hybridized carbons (Fsp3) is 0.731. The maximum Gasteiger partial charge on any atom is 0.311 e. The molecule has 0 radical (unpaired) electrons. The predicted molar refractivity (Wildman–Crippen MR) is 134 cm³/mol. The molecule has 0 aromatic rings. The Labute approximate surface area is 208 Å². The summed E-state index contributed by atoms with van der Waals surface area (Å²) in [4.78, 5) is 44.7. The third kappa shape index (κ3) is 4.55. The lowest BCUT2D eigenvalue weighted by Gasteiger charge is -2.41. The number of amides is 2. The zero-order valence-electron chi connectivity index (χ0n) is 20.8. The molecule has 34 heavy (non-hydrogen) atoms. The molecule has 190 valence electrons. The second-order valence-corrected chi connectivity index (χ2v) is 11.6. The van der Waals surface area contributed by atoms with Crippen LogP contribution in [0, 0.1) is 17.8 Å². The Balaban J connectivity index is 1.98. The second kappa shape index (κ2) is 11.3. The van der Waals surface area contributed by atoms with Crippen molar-refractivity contribution in [3.05, 3.63) is 25.3 Å². The second-order valence-electron chi connectivity index (χ2n) is 10.0. The number of nitrogens with zero attached hydrogens (tertiary/aromatic N) is 2. The van der Waals surface area contributed by atoms with Crippen molar-refractivity contribution in [2.45, 2.75) is 75.0 Å². The number of aliphatic hydroxyl groups is 1. The minimum Gasteiger partial charge on any atom is -0.461 e. The molecule has 2 bridgehead atoms. The molecule has 7 nitrogen and oxygen atoms in total. The van der Waals surface area contributed by atoms with Gasteiger partial charge in [-0.25, -0.2) is 0 Å². The van der Waals surface area contributed by atoms with Gasteiger partial charge < -0.3 is 19.6 Å². The maximum absolute atomic E-state index is 14.1. The van der Waals surface area contributed by atoms with Crippen LogP contribution in [-0.2, 0) is 19.1 Å². The molecule has 3 unspecified atom stereocenters. The number of esters is 1. The van der Waals surface area contributed by atoms with Crippen LogP contribution in [0.2, 0.25) is 0 Å². The van der Waals surface area contributed by atoms with Gasteiger partial charge in [-0.05, 0) is 39.0 Å². The van der Waals surface area contributed by atoms with E-state index in [1.807, 2.05) is 13.8 Å². The van der Waals surface area contributed by atoms with E-state index in [0.29, 0.717) is 13.1 Å². The number of carbonyl (C=O) groups excluding carboxylic acids is 3. The summed E-state index contributed by atoms with van der Waals surface area (Å²) in [6.07, 6.45) is 7.29. The summed E-state index contributed by atoms with van der Waals surface area (Å²) in [7, 11) is 0. The summed E-state index contributed by atoms with van der Waals surface area (Å²) < 4.78 is 4.79. The van der Waals surface area contributed by atoms with E-state index < -0.39 is 22.6 Å². The Morgan fingerprint density at radius 1 is 1.26 bits per heavy atom. The zero-order valence-corrected chi connectivity index (χ0v) is 21.6. The van der Waals surface area contributed by atoms with Gasteiger partial charge in [0.1, 0.15) is 12.6 Å². The van der Waals surface area contributed by atoms with Crippen molar-refractivity contribution in [2.24, 2.45) is 17.8 Å². The molecule has 8 heteroatoms. The van der Waals surface area contributed by atoms with Crippen LogP contribution in [0.5, 0.6) is 0 Å². The molecule has 0 aromatic carbocycles. The average molecular weight is 493 g/mol. The molecule has 0 aliphatic carbocycles. The molecule has 0 saturated carbocycles. The first-order chi connectivity index (χ1) is 16.3. The molecule has 6 atom stereocenters. The van der Waals surface area contributed by atoms with Crippen LogP contribution in [0.25, 0.3) is 0 Å². The van der Waals surface area contributed by atoms with E-state index >= 15 is 0 Å². The minimum atomic E-state index is -0.629. The summed E-state index contributed by atoms with van der Waals surface area (Å²) in [6, 6.07) is -0.637. The number of fused-ring (bicyclic) bond motifs is 1. The monoisotopic (exact) mass is 492 g/mol. The van der Waals surface area contributed by atoms with E-state index in [1.54, 1.807) is 27.6 Å². The van der Waals surface area contributed by atoms with Gasteiger partial charge in [-0.2, -0.15) is 0 Å². The van der Waals surface area contributed by atoms with Gasteiger partial charge in [0, 0.05) is 31.0 Å². The van der Waals surface area contributed by atoms with Crippen molar-refractivity contribution >= 4 is 29.5 Å². The van der Waals surface area contributed by atoms with E-state index in [4.69, 9.17) is 9.84 Å². The average Bonchev–Trinajstić information content (AvgIpc) is 3.39. The maximum atomic E-state index is 14.1. The molecular formula is C26H40N2O5S. The number of hydrogen-bond donors (Lipinski definition) is 1. The Morgan fingerprint density at radius 2 is 1.97 bits per heavy atom. The lowest BCUT2D eigenvalue weighted by Crippen LogP contribution is -2.58. The number of aliphatic hydroxyl groups excluding tert-OH is 1. The summed E-state index contributed by atoms with van der Waals surface area (Å²) in [6.45, 7) is 14.7. The zero-order chi connectivity index (χ0) is 25.0. The topological polar surface area (TPSA) is 87.1 Å². The highest BCUT2D eigenvalue weighted by atomic mass is 32.2. The van der Waals surface area contributed by atoms with E-state index in [-0.39, 0.29) is 48.2 Å². The van der Waals surface area contributed by atoms with Crippen molar-refractivity contribution < 1.29 is 24.2 Å². The van der Waals surface area contributed by atoms with Crippen LogP contribution in [0.4, 0.5) is 0 Å². The van der Waals surface area contributed by atoms with Gasteiger partial charge in [-0.3, -0.25) is 14.4 Å². The van der Waals surface area contributed by atoms with E-state index in [2.05, 4.69) is 20.1 Å². The van der Waals surface area contributed by atoms with Crippen molar-refractivity contribution in [2.75, 3.05) is 26.3 Å². The van der Waals surface area contributed by atoms with E-state index in [1.165, 1.54) is 6.08 Å². The largest absolute Gasteiger partial charge is 0.461 e. The van der Waals surface area contributed by atoms with Crippen LogP contribution in [-0.4, -0.2) is 81.1 Å². The lowest BCUT2D eigenvalue weighted by molar-refractivity contribution is -0.153. The number of carbonyl (C=O) groups is 3. The number of thioether (sulfide) groups is 1. The molecular weight excluding hydrogens is 452 g/mol. The minimum absolute atomic E-state index is 0.0184. The Hall–Kier alpha value is -1.80. The molecule has 1 N–H and O–H groups in total. The first-order valence-corrected chi connectivity index (χ1v) is 13.4. The summed E-state index contributed by atoms with van der Waals surface area (Å²) in [5.74, 6) is -1.45. The summed E-state index contributed by atoms with van der Waals surface area (Å²) >= 11 is 1.67. The molecule has 3 aliphatic rings. The fourth-order valence-electron chi connectivity index (χ4n) is 6.14. The number of hydrogen-bond acceptors (Lipinski definition) is 6. The Morgan fingerprint density at radius 3 is 2.59 bits per heavy atom. The van der Waals surface area contributed by atoms with Gasteiger partial charge in [0.25, 0.3) is 0 Å². The van der Waals surface area contributed by atoms with Gasteiger partial charge in [0.15, 0.2) is 0 Å². The molecule has 3 rings (SSSR count). The number of unbranched alkanes of at least 4 members (excludes halogenated alkanes) is 3. The molecule has 0 aromatic heterocycles. The molecule has 3 aliphatic heterocycles. The van der Waals surface area contributed by atoms with Crippen LogP contribution >= 0.6 is 11.8 Å². The van der Waals surface area contributed by atoms with Gasteiger partial charge in [-0.1, -0.05) is 38.5 Å². The summed E-state index contributed by atoms with van der Waals surface area (Å²) in [5, 5.41) is 9.06. The Bertz CT molecular complexity index is 802. The SMILES string of the molecule is C=CCOC(=O)[C@@H]1[C@H]2C(=O)N(CCCCCCO)C(C(=O)N(CC=C)C(C)C)C23S[C@@H]1CC3C. The molecule has 2 amide bonds. The highest BCUT2D eigenvalue weighted by Crippen LogP contribution is 2.68. The predicted octanol–water partition coefficient (Wildman–Crippen LogP) is 3.03. The third-order valence-electron chi connectivity index (χ3n) is 7.63. The normalized spacial score (nSPS) is 31.6. The molecule has 3 fully saturated rings. The van der Waals surface area contributed by atoms with E-state index in [0.717, 1.165) is 32.1 Å². The standard InChI is InChI=1S/C26H40N2O5S/c1-6-12-27(17(3)4)24(31)22-26-18(5)16-19(34-26)20(25(32)33-15-7-2)21(26)23(30)28(22)13-10-8-9-11-14-29/h6-7,17-22,29H,1-2,8-16H2,3-5H3/t18?,19-,20+,21+,22?,26?/m1/s1. The van der Waals surface area contributed by atoms with Gasteiger partial charge in [0.05, 0.1) is 16.6 Å². The summed E-state index contributed by atoms with van der Waals surface area (Å²) in [5.41, 5.74) is 0. The molecule has 3 saturated heterocycles. The molecule has 3 heterocycles. The first kappa shape index (κ1) is 26.8. The van der Waals surface area contributed by atoms with Crippen molar-refractivity contribution in [3.8, 4) is 0 Å². The quantitative estimate of drug-likeness (QED) is 0.242. The van der Waals surface area contributed by atoms with Gasteiger partial charge in [-0.15, -0.1) is 18.3 Å². The highest BCUT2D eigenvalue weighted by molar-refractivity contribution is 8.02. The highest BCUT2D eigenvalue weighted by Gasteiger charge is 2.76. The van der Waals surface area contributed by atoms with Crippen LogP contribution in [0.1, 0.15) is 52.9 Å². The van der Waals surface area contributed by atoms with Gasteiger partial charge >= 0.3 is 5.97 Å². The van der Waals surface area contributed by atoms with E-state index in [9.17, 15) is 14.4 Å². The van der Waals surface area contributed by atoms with Crippen molar-refractivity contribution in [1.29, 1.82) is 0 Å².